The SMILES string of the molecule is C[Si](C)(C)CCOCn1ncc2ncnc(C(=O)O)c21. The summed E-state index contributed by atoms with van der Waals surface area (Å²) in [5.74, 6) is -1.10. The molecule has 0 aromatic carbocycles. The van der Waals surface area contributed by atoms with E-state index < -0.39 is 14.0 Å². The molecule has 108 valence electrons. The van der Waals surface area contributed by atoms with E-state index in [0.717, 1.165) is 6.04 Å². The lowest BCUT2D eigenvalue weighted by atomic mass is 10.3. The Bertz CT molecular complexity index is 621. The minimum Gasteiger partial charge on any atom is -0.476 e. The summed E-state index contributed by atoms with van der Waals surface area (Å²) in [4.78, 5) is 19.0. The smallest absolute Gasteiger partial charge is 0.356 e. The van der Waals surface area contributed by atoms with Crippen molar-refractivity contribution in [3.05, 3.63) is 18.2 Å². The zero-order chi connectivity index (χ0) is 14.8. The maximum absolute atomic E-state index is 11.2. The third-order valence-corrected chi connectivity index (χ3v) is 4.54. The second-order valence-corrected chi connectivity index (χ2v) is 11.4. The van der Waals surface area contributed by atoms with Gasteiger partial charge in [0.05, 0.1) is 6.20 Å². The van der Waals surface area contributed by atoms with E-state index in [-0.39, 0.29) is 12.4 Å². The van der Waals surface area contributed by atoms with Gasteiger partial charge in [-0.25, -0.2) is 19.4 Å². The molecule has 1 N–H and O–H groups in total. The topological polar surface area (TPSA) is 90.1 Å². The highest BCUT2D eigenvalue weighted by molar-refractivity contribution is 6.76. The molecule has 0 fully saturated rings. The highest BCUT2D eigenvalue weighted by Crippen LogP contribution is 2.15. The summed E-state index contributed by atoms with van der Waals surface area (Å²) >= 11 is 0. The van der Waals surface area contributed by atoms with Crippen molar-refractivity contribution >= 4 is 25.1 Å². The van der Waals surface area contributed by atoms with Gasteiger partial charge in [0.1, 0.15) is 24.1 Å². The number of rotatable bonds is 6. The van der Waals surface area contributed by atoms with Crippen LogP contribution >= 0.6 is 0 Å². The Morgan fingerprint density at radius 1 is 1.40 bits per heavy atom. The predicted molar refractivity (Wildman–Crippen MR) is 76.4 cm³/mol. The van der Waals surface area contributed by atoms with Crippen LogP contribution in [0.3, 0.4) is 0 Å². The molecule has 0 atom stereocenters. The number of aromatic nitrogens is 4. The molecule has 2 aromatic heterocycles. The van der Waals surface area contributed by atoms with Crippen molar-refractivity contribution in [1.82, 2.24) is 19.7 Å². The number of carbonyl (C=O) groups is 1. The lowest BCUT2D eigenvalue weighted by Crippen LogP contribution is -2.22. The molecule has 0 saturated heterocycles. The van der Waals surface area contributed by atoms with Gasteiger partial charge in [0, 0.05) is 14.7 Å². The number of carboxylic acids is 1. The molecule has 0 aliphatic rings. The van der Waals surface area contributed by atoms with Crippen LogP contribution in [0.5, 0.6) is 0 Å². The summed E-state index contributed by atoms with van der Waals surface area (Å²) in [5, 5.41) is 13.2. The monoisotopic (exact) mass is 294 g/mol. The number of nitrogens with zero attached hydrogens (tertiary/aromatic N) is 4. The van der Waals surface area contributed by atoms with Crippen LogP contribution in [0.15, 0.2) is 12.5 Å². The van der Waals surface area contributed by atoms with Crippen LogP contribution in [0.2, 0.25) is 25.7 Å². The normalized spacial score (nSPS) is 11.9. The van der Waals surface area contributed by atoms with Gasteiger partial charge in [-0.3, -0.25) is 0 Å². The lowest BCUT2D eigenvalue weighted by molar-refractivity contribution is 0.0687. The van der Waals surface area contributed by atoms with Gasteiger partial charge >= 0.3 is 5.97 Å². The van der Waals surface area contributed by atoms with Crippen molar-refractivity contribution in [2.24, 2.45) is 0 Å². The number of aromatic carboxylic acids is 1. The number of fused-ring (bicyclic) bond motifs is 1. The lowest BCUT2D eigenvalue weighted by Gasteiger charge is -2.15. The van der Waals surface area contributed by atoms with E-state index in [9.17, 15) is 4.79 Å². The molecule has 0 amide bonds. The molecule has 0 bridgehead atoms. The molecule has 2 aromatic rings. The van der Waals surface area contributed by atoms with Crippen LogP contribution in [0.4, 0.5) is 0 Å². The Morgan fingerprint density at radius 2 is 2.15 bits per heavy atom. The fourth-order valence-electron chi connectivity index (χ4n) is 1.71. The van der Waals surface area contributed by atoms with Gasteiger partial charge in [-0.15, -0.1) is 0 Å². The minimum absolute atomic E-state index is 0.0544. The maximum Gasteiger partial charge on any atom is 0.356 e. The van der Waals surface area contributed by atoms with E-state index in [1.54, 1.807) is 0 Å². The van der Waals surface area contributed by atoms with Crippen LogP contribution in [-0.2, 0) is 11.5 Å². The van der Waals surface area contributed by atoms with E-state index in [2.05, 4.69) is 34.7 Å². The van der Waals surface area contributed by atoms with Gasteiger partial charge in [-0.2, -0.15) is 5.10 Å². The first kappa shape index (κ1) is 14.6. The zero-order valence-electron chi connectivity index (χ0n) is 11.8. The highest BCUT2D eigenvalue weighted by Gasteiger charge is 2.16. The van der Waals surface area contributed by atoms with Crippen molar-refractivity contribution in [2.75, 3.05) is 6.61 Å². The fraction of sp³-hybridized carbons (Fsp3) is 0.500. The van der Waals surface area contributed by atoms with E-state index in [1.165, 1.54) is 17.2 Å². The number of hydrogen-bond donors (Lipinski definition) is 1. The summed E-state index contributed by atoms with van der Waals surface area (Å²) in [6.45, 7) is 7.68. The third-order valence-electron chi connectivity index (χ3n) is 2.84. The van der Waals surface area contributed by atoms with E-state index >= 15 is 0 Å². The molecule has 7 nitrogen and oxygen atoms in total. The van der Waals surface area contributed by atoms with E-state index in [0.29, 0.717) is 17.6 Å². The average Bonchev–Trinajstić information content (AvgIpc) is 2.76. The summed E-state index contributed by atoms with van der Waals surface area (Å²) in [5.41, 5.74) is 0.848. The Morgan fingerprint density at radius 3 is 2.80 bits per heavy atom. The standard InChI is InChI=1S/C12H18N4O3Si/c1-20(2,3)5-4-19-8-16-11-9(6-15-16)13-7-14-10(11)12(17)18/h6-7H,4-5,8H2,1-3H3,(H,17,18). The van der Waals surface area contributed by atoms with Crippen LogP contribution < -0.4 is 0 Å². The molecule has 0 radical (unpaired) electrons. The van der Waals surface area contributed by atoms with Crippen molar-refractivity contribution in [1.29, 1.82) is 0 Å². The minimum atomic E-state index is -1.14. The molecule has 0 spiro atoms. The molecular formula is C12H18N4O3Si. The first-order valence-electron chi connectivity index (χ1n) is 6.36. The predicted octanol–water partition coefficient (Wildman–Crippen LogP) is 1.84. The van der Waals surface area contributed by atoms with Gasteiger partial charge in [0.25, 0.3) is 0 Å². The van der Waals surface area contributed by atoms with Crippen LogP contribution in [0.1, 0.15) is 10.5 Å². The molecule has 2 rings (SSSR count). The van der Waals surface area contributed by atoms with Crippen LogP contribution in [0, 0.1) is 0 Å². The number of ether oxygens (including phenoxy) is 1. The number of hydrogen-bond acceptors (Lipinski definition) is 5. The third kappa shape index (κ3) is 3.39. The molecule has 20 heavy (non-hydrogen) atoms. The van der Waals surface area contributed by atoms with E-state index in [1.807, 2.05) is 0 Å². The van der Waals surface area contributed by atoms with Crippen LogP contribution in [-0.4, -0.2) is 45.5 Å². The number of carboxylic acid groups (broad SMARTS) is 1. The van der Waals surface area contributed by atoms with Crippen molar-refractivity contribution in [3.8, 4) is 0 Å². The maximum atomic E-state index is 11.2. The van der Waals surface area contributed by atoms with Gasteiger partial charge < -0.3 is 9.84 Å². The van der Waals surface area contributed by atoms with Gasteiger partial charge in [0.15, 0.2) is 5.69 Å². The van der Waals surface area contributed by atoms with Crippen molar-refractivity contribution < 1.29 is 14.6 Å². The molecule has 0 aliphatic carbocycles. The Labute approximate surface area is 117 Å². The molecule has 8 heteroatoms. The van der Waals surface area contributed by atoms with E-state index in [4.69, 9.17) is 9.84 Å². The zero-order valence-corrected chi connectivity index (χ0v) is 12.8. The van der Waals surface area contributed by atoms with Gasteiger partial charge in [-0.1, -0.05) is 19.6 Å². The van der Waals surface area contributed by atoms with Gasteiger partial charge in [-0.05, 0) is 6.04 Å². The second kappa shape index (κ2) is 5.67. The summed E-state index contributed by atoms with van der Waals surface area (Å²) in [6, 6.07) is 1.05. The van der Waals surface area contributed by atoms with Crippen LogP contribution in [0.25, 0.3) is 11.0 Å². The molecule has 0 saturated carbocycles. The summed E-state index contributed by atoms with van der Waals surface area (Å²) < 4.78 is 7.07. The first-order valence-corrected chi connectivity index (χ1v) is 10.1. The molecule has 0 aliphatic heterocycles. The molecule has 2 heterocycles. The Balaban J connectivity index is 2.13. The summed E-state index contributed by atoms with van der Waals surface area (Å²) in [6.07, 6.45) is 2.75. The summed E-state index contributed by atoms with van der Waals surface area (Å²) in [7, 11) is -1.14. The first-order chi connectivity index (χ1) is 9.38. The van der Waals surface area contributed by atoms with Gasteiger partial charge in [0.2, 0.25) is 0 Å². The largest absolute Gasteiger partial charge is 0.476 e. The second-order valence-electron chi connectivity index (χ2n) is 5.75. The molecular weight excluding hydrogens is 276 g/mol. The van der Waals surface area contributed by atoms with Crippen molar-refractivity contribution in [2.45, 2.75) is 32.4 Å². The quantitative estimate of drug-likeness (QED) is 0.646. The Kier molecular flexibility index (Phi) is 4.14. The van der Waals surface area contributed by atoms with Crippen molar-refractivity contribution in [3.63, 3.8) is 0 Å². The molecule has 0 unspecified atom stereocenters. The fourth-order valence-corrected chi connectivity index (χ4v) is 2.46. The highest BCUT2D eigenvalue weighted by atomic mass is 28.3. The average molecular weight is 294 g/mol. The Hall–Kier alpha value is -1.80.